The minimum atomic E-state index is -0.102. The molecule has 3 aromatic heterocycles. The Labute approximate surface area is 154 Å². The normalized spacial score (nSPS) is 11.4. The van der Waals surface area contributed by atoms with E-state index in [4.69, 9.17) is 0 Å². The summed E-state index contributed by atoms with van der Waals surface area (Å²) in [5, 5.41) is 3.97. The summed E-state index contributed by atoms with van der Waals surface area (Å²) in [6.07, 6.45) is 0. The molecule has 0 aliphatic heterocycles. The summed E-state index contributed by atoms with van der Waals surface area (Å²) in [7, 11) is 1.96. The monoisotopic (exact) mass is 365 g/mol. The average molecular weight is 365 g/mol. The van der Waals surface area contributed by atoms with Crippen LogP contribution in [0.25, 0.3) is 21.3 Å². The van der Waals surface area contributed by atoms with Gasteiger partial charge < -0.3 is 9.88 Å². The third-order valence-electron chi connectivity index (χ3n) is 4.58. The molecular weight excluding hydrogens is 346 g/mol. The molecule has 132 valence electrons. The van der Waals surface area contributed by atoms with Crippen molar-refractivity contribution in [3.05, 3.63) is 52.0 Å². The van der Waals surface area contributed by atoms with Crippen molar-refractivity contribution in [2.75, 3.05) is 0 Å². The maximum Gasteiger partial charge on any atom is 0.262 e. The number of benzene rings is 1. The quantitative estimate of drug-likeness (QED) is 0.604. The number of aryl methyl sites for hydroxylation is 4. The van der Waals surface area contributed by atoms with E-state index in [0.29, 0.717) is 11.4 Å². The fourth-order valence-corrected chi connectivity index (χ4v) is 4.48. The van der Waals surface area contributed by atoms with Gasteiger partial charge >= 0.3 is 0 Å². The van der Waals surface area contributed by atoms with Crippen LogP contribution in [0.2, 0.25) is 0 Å². The van der Waals surface area contributed by atoms with Crippen LogP contribution in [-0.2, 0) is 13.6 Å². The molecule has 0 fully saturated rings. The lowest BCUT2D eigenvalue weighted by atomic mass is 10.1. The zero-order valence-corrected chi connectivity index (χ0v) is 15.9. The molecule has 7 heteroatoms. The average Bonchev–Trinajstić information content (AvgIpc) is 3.10. The Morgan fingerprint density at radius 2 is 1.92 bits per heavy atom. The number of nitrogens with one attached hydrogen (secondary N) is 1. The van der Waals surface area contributed by atoms with Gasteiger partial charge in [-0.1, -0.05) is 12.1 Å². The summed E-state index contributed by atoms with van der Waals surface area (Å²) in [5.41, 5.74) is 3.83. The Morgan fingerprint density at radius 1 is 1.15 bits per heavy atom. The second-order valence-electron chi connectivity index (χ2n) is 6.35. The summed E-state index contributed by atoms with van der Waals surface area (Å²) in [6.45, 7) is 6.15. The minimum Gasteiger partial charge on any atom is -0.344 e. The van der Waals surface area contributed by atoms with E-state index in [9.17, 15) is 4.79 Å². The summed E-state index contributed by atoms with van der Waals surface area (Å²) < 4.78 is 2.01. The second kappa shape index (κ2) is 6.17. The van der Waals surface area contributed by atoms with Gasteiger partial charge in [0.05, 0.1) is 22.5 Å². The predicted molar refractivity (Wildman–Crippen MR) is 104 cm³/mol. The zero-order chi connectivity index (χ0) is 18.4. The molecule has 1 N–H and O–H groups in total. The number of para-hydroxylation sites is 2. The molecule has 0 saturated heterocycles. The molecule has 3 heterocycles. The Bertz CT molecular complexity index is 1160. The number of rotatable bonds is 3. The molecule has 0 unspecified atom stereocenters. The van der Waals surface area contributed by atoms with E-state index >= 15 is 0 Å². The summed E-state index contributed by atoms with van der Waals surface area (Å²) >= 11 is 1.41. The lowest BCUT2D eigenvalue weighted by Gasteiger charge is -2.05. The van der Waals surface area contributed by atoms with Crippen molar-refractivity contribution < 1.29 is 4.79 Å². The third kappa shape index (κ3) is 2.64. The highest BCUT2D eigenvalue weighted by atomic mass is 32.1. The van der Waals surface area contributed by atoms with Gasteiger partial charge in [-0.05, 0) is 38.5 Å². The van der Waals surface area contributed by atoms with Crippen molar-refractivity contribution in [2.45, 2.75) is 27.3 Å². The first-order chi connectivity index (χ1) is 12.5. The van der Waals surface area contributed by atoms with E-state index in [2.05, 4.69) is 20.3 Å². The van der Waals surface area contributed by atoms with Gasteiger partial charge in [0.15, 0.2) is 0 Å². The van der Waals surface area contributed by atoms with Gasteiger partial charge in [0.2, 0.25) is 0 Å². The second-order valence-corrected chi connectivity index (χ2v) is 7.35. The maximum absolute atomic E-state index is 12.7. The van der Waals surface area contributed by atoms with Crippen molar-refractivity contribution in [3.8, 4) is 0 Å². The van der Waals surface area contributed by atoms with Gasteiger partial charge in [0.1, 0.15) is 16.5 Å². The molecule has 1 aromatic carbocycles. The van der Waals surface area contributed by atoms with E-state index in [1.54, 1.807) is 0 Å². The van der Waals surface area contributed by atoms with Crippen LogP contribution in [0.3, 0.4) is 0 Å². The van der Waals surface area contributed by atoms with Crippen molar-refractivity contribution in [1.29, 1.82) is 0 Å². The number of amides is 1. The lowest BCUT2D eigenvalue weighted by Crippen LogP contribution is -2.24. The highest BCUT2D eigenvalue weighted by Gasteiger charge is 2.19. The van der Waals surface area contributed by atoms with Gasteiger partial charge in [-0.25, -0.2) is 15.0 Å². The molecule has 4 rings (SSSR count). The largest absolute Gasteiger partial charge is 0.344 e. The minimum absolute atomic E-state index is 0.102. The number of thiophene rings is 1. The van der Waals surface area contributed by atoms with Crippen LogP contribution >= 0.6 is 11.3 Å². The van der Waals surface area contributed by atoms with E-state index in [0.717, 1.165) is 44.2 Å². The highest BCUT2D eigenvalue weighted by Crippen LogP contribution is 2.31. The molecule has 0 atom stereocenters. The third-order valence-corrected chi connectivity index (χ3v) is 5.76. The summed E-state index contributed by atoms with van der Waals surface area (Å²) in [4.78, 5) is 27.8. The maximum atomic E-state index is 12.7. The Kier molecular flexibility index (Phi) is 3.96. The van der Waals surface area contributed by atoms with E-state index in [1.165, 1.54) is 11.3 Å². The molecule has 0 bridgehead atoms. The van der Waals surface area contributed by atoms with Crippen molar-refractivity contribution in [1.82, 2.24) is 24.8 Å². The van der Waals surface area contributed by atoms with Crippen LogP contribution in [0.15, 0.2) is 24.3 Å². The van der Waals surface area contributed by atoms with Gasteiger partial charge in [-0.3, -0.25) is 4.79 Å². The number of carbonyl (C=O) groups is 1. The van der Waals surface area contributed by atoms with E-state index in [-0.39, 0.29) is 5.91 Å². The highest BCUT2D eigenvalue weighted by molar-refractivity contribution is 7.20. The number of aromatic nitrogens is 4. The van der Waals surface area contributed by atoms with Gasteiger partial charge in [-0.2, -0.15) is 0 Å². The summed E-state index contributed by atoms with van der Waals surface area (Å²) in [5.74, 6) is 1.45. The number of nitrogens with zero attached hydrogens (tertiary/aromatic N) is 4. The van der Waals surface area contributed by atoms with Crippen LogP contribution in [0.5, 0.6) is 0 Å². The predicted octanol–water partition coefficient (Wildman–Crippen LogP) is 3.43. The Hall–Kier alpha value is -2.80. The fraction of sp³-hybridized carbons (Fsp3) is 0.263. The standard InChI is InChI=1S/C19H19N5OS/c1-10-16-11(2)21-12(3)22-19(16)26-17(10)18(25)20-9-15-23-13-7-5-6-8-14(13)24(15)4/h5-8H,9H2,1-4H3,(H,20,25). The van der Waals surface area contributed by atoms with Crippen LogP contribution in [0.4, 0.5) is 0 Å². The van der Waals surface area contributed by atoms with Crippen molar-refractivity contribution in [2.24, 2.45) is 7.05 Å². The van der Waals surface area contributed by atoms with Crippen LogP contribution in [0.1, 0.15) is 32.6 Å². The SMILES string of the molecule is Cc1nc(C)c2c(C)c(C(=O)NCc3nc4ccccc4n3C)sc2n1. The molecular formula is C19H19N5OS. The fourth-order valence-electron chi connectivity index (χ4n) is 3.28. The molecule has 0 aliphatic carbocycles. The first-order valence-corrected chi connectivity index (χ1v) is 9.20. The zero-order valence-electron chi connectivity index (χ0n) is 15.1. The number of fused-ring (bicyclic) bond motifs is 2. The number of hydrogen-bond acceptors (Lipinski definition) is 5. The Morgan fingerprint density at radius 3 is 2.69 bits per heavy atom. The van der Waals surface area contributed by atoms with Crippen LogP contribution < -0.4 is 5.32 Å². The number of hydrogen-bond donors (Lipinski definition) is 1. The van der Waals surface area contributed by atoms with Crippen molar-refractivity contribution >= 4 is 38.5 Å². The lowest BCUT2D eigenvalue weighted by molar-refractivity contribution is 0.0953. The molecule has 6 nitrogen and oxygen atoms in total. The van der Waals surface area contributed by atoms with Gasteiger partial charge in [-0.15, -0.1) is 11.3 Å². The van der Waals surface area contributed by atoms with Crippen molar-refractivity contribution in [3.63, 3.8) is 0 Å². The van der Waals surface area contributed by atoms with Crippen LogP contribution in [0, 0.1) is 20.8 Å². The molecule has 26 heavy (non-hydrogen) atoms. The van der Waals surface area contributed by atoms with Gasteiger partial charge in [0.25, 0.3) is 5.91 Å². The Balaban J connectivity index is 1.62. The molecule has 1 amide bonds. The number of imidazole rings is 1. The summed E-state index contributed by atoms with van der Waals surface area (Å²) in [6, 6.07) is 7.94. The topological polar surface area (TPSA) is 72.7 Å². The first kappa shape index (κ1) is 16.7. The van der Waals surface area contributed by atoms with Gasteiger partial charge in [0, 0.05) is 18.1 Å². The first-order valence-electron chi connectivity index (χ1n) is 8.38. The molecule has 4 aromatic rings. The van der Waals surface area contributed by atoms with Crippen LogP contribution in [-0.4, -0.2) is 25.4 Å². The molecule has 0 radical (unpaired) electrons. The smallest absolute Gasteiger partial charge is 0.262 e. The molecule has 0 saturated carbocycles. The molecule has 0 spiro atoms. The van der Waals surface area contributed by atoms with E-state index in [1.807, 2.05) is 56.7 Å². The van der Waals surface area contributed by atoms with E-state index < -0.39 is 0 Å². The number of carbonyl (C=O) groups excluding carboxylic acids is 1. The molecule has 0 aliphatic rings.